The number of esters is 1. The molecule has 2 amide bonds. The molecule has 0 aromatic carbocycles. The SMILES string of the molecule is COCCNC(=O)CN(C)C(=O)CCC(=O)OC(C)(C)C. The van der Waals surface area contributed by atoms with E-state index in [0.717, 1.165) is 0 Å². The molecule has 0 atom stereocenters. The van der Waals surface area contributed by atoms with Gasteiger partial charge in [-0.15, -0.1) is 0 Å². The van der Waals surface area contributed by atoms with Crippen molar-refractivity contribution < 1.29 is 23.9 Å². The summed E-state index contributed by atoms with van der Waals surface area (Å²) in [5, 5.41) is 2.62. The second kappa shape index (κ2) is 9.33. The Kier molecular flexibility index (Phi) is 8.61. The number of rotatable bonds is 8. The lowest BCUT2D eigenvalue weighted by Crippen LogP contribution is -2.39. The molecule has 1 N–H and O–H groups in total. The van der Waals surface area contributed by atoms with E-state index in [1.807, 2.05) is 0 Å². The molecule has 0 unspecified atom stereocenters. The molecule has 122 valence electrons. The van der Waals surface area contributed by atoms with E-state index < -0.39 is 11.6 Å². The molecule has 0 spiro atoms. The summed E-state index contributed by atoms with van der Waals surface area (Å²) in [5.74, 6) is -0.961. The normalized spacial score (nSPS) is 10.9. The lowest BCUT2D eigenvalue weighted by molar-refractivity contribution is -0.156. The van der Waals surface area contributed by atoms with E-state index >= 15 is 0 Å². The van der Waals surface area contributed by atoms with Crippen molar-refractivity contribution in [2.24, 2.45) is 0 Å². The smallest absolute Gasteiger partial charge is 0.306 e. The molecule has 0 radical (unpaired) electrons. The van der Waals surface area contributed by atoms with E-state index in [9.17, 15) is 14.4 Å². The molecule has 7 heteroatoms. The number of carbonyl (C=O) groups is 3. The molecular weight excluding hydrogens is 276 g/mol. The summed E-state index contributed by atoms with van der Waals surface area (Å²) in [6.45, 7) is 6.07. The molecule has 0 aromatic rings. The van der Waals surface area contributed by atoms with Gasteiger partial charge in [-0.25, -0.2) is 0 Å². The lowest BCUT2D eigenvalue weighted by atomic mass is 10.2. The monoisotopic (exact) mass is 302 g/mol. The van der Waals surface area contributed by atoms with E-state index in [2.05, 4.69) is 5.32 Å². The lowest BCUT2D eigenvalue weighted by Gasteiger charge is -2.20. The maximum atomic E-state index is 11.8. The van der Waals surface area contributed by atoms with E-state index in [1.54, 1.807) is 27.9 Å². The summed E-state index contributed by atoms with van der Waals surface area (Å²) in [6.07, 6.45) is 0.0303. The number of methoxy groups -OCH3 is 1. The highest BCUT2D eigenvalue weighted by molar-refractivity contribution is 5.86. The fraction of sp³-hybridized carbons (Fsp3) is 0.786. The maximum Gasteiger partial charge on any atom is 0.306 e. The number of nitrogens with zero attached hydrogens (tertiary/aromatic N) is 1. The first-order valence-electron chi connectivity index (χ1n) is 6.87. The van der Waals surface area contributed by atoms with Crippen LogP contribution in [0.5, 0.6) is 0 Å². The Hall–Kier alpha value is -1.63. The number of hydrogen-bond acceptors (Lipinski definition) is 5. The van der Waals surface area contributed by atoms with Gasteiger partial charge in [-0.3, -0.25) is 14.4 Å². The summed E-state index contributed by atoms with van der Waals surface area (Å²) in [4.78, 5) is 36.1. The Morgan fingerprint density at radius 2 is 1.76 bits per heavy atom. The maximum absolute atomic E-state index is 11.8. The van der Waals surface area contributed by atoms with Crippen LogP contribution in [0.1, 0.15) is 33.6 Å². The van der Waals surface area contributed by atoms with Crippen LogP contribution in [0.3, 0.4) is 0 Å². The van der Waals surface area contributed by atoms with Gasteiger partial charge in [0.05, 0.1) is 19.6 Å². The third kappa shape index (κ3) is 10.8. The number of amides is 2. The van der Waals surface area contributed by atoms with Crippen molar-refractivity contribution in [3.05, 3.63) is 0 Å². The van der Waals surface area contributed by atoms with Crippen LogP contribution in [0.25, 0.3) is 0 Å². The van der Waals surface area contributed by atoms with Crippen LogP contribution in [0.15, 0.2) is 0 Å². The summed E-state index contributed by atoms with van der Waals surface area (Å²) in [7, 11) is 3.06. The summed E-state index contributed by atoms with van der Waals surface area (Å²) >= 11 is 0. The Morgan fingerprint density at radius 1 is 1.14 bits per heavy atom. The third-order valence-corrected chi connectivity index (χ3v) is 2.40. The molecular formula is C14H26N2O5. The van der Waals surface area contributed by atoms with E-state index in [0.29, 0.717) is 13.2 Å². The van der Waals surface area contributed by atoms with Gasteiger partial charge in [-0.05, 0) is 20.8 Å². The topological polar surface area (TPSA) is 84.9 Å². The average Bonchev–Trinajstić information content (AvgIpc) is 2.34. The van der Waals surface area contributed by atoms with Gasteiger partial charge in [0.1, 0.15) is 5.60 Å². The van der Waals surface area contributed by atoms with Gasteiger partial charge in [-0.1, -0.05) is 0 Å². The van der Waals surface area contributed by atoms with Gasteiger partial charge in [0.25, 0.3) is 0 Å². The molecule has 0 fully saturated rings. The van der Waals surface area contributed by atoms with Crippen LogP contribution in [0.4, 0.5) is 0 Å². The highest BCUT2D eigenvalue weighted by atomic mass is 16.6. The Morgan fingerprint density at radius 3 is 2.29 bits per heavy atom. The molecule has 0 saturated heterocycles. The van der Waals surface area contributed by atoms with Crippen molar-refractivity contribution in [2.45, 2.75) is 39.2 Å². The number of likely N-dealkylation sites (N-methyl/N-ethyl adjacent to an activating group) is 1. The predicted octanol–water partition coefficient (Wildman–Crippen LogP) is 0.329. The van der Waals surface area contributed by atoms with Gasteiger partial charge in [0.15, 0.2) is 0 Å². The number of hydrogen-bond donors (Lipinski definition) is 1. The van der Waals surface area contributed by atoms with Crippen molar-refractivity contribution in [2.75, 3.05) is 33.9 Å². The first-order valence-corrected chi connectivity index (χ1v) is 6.87. The van der Waals surface area contributed by atoms with Gasteiger partial charge >= 0.3 is 5.97 Å². The number of ether oxygens (including phenoxy) is 2. The molecule has 0 aromatic heterocycles. The minimum absolute atomic E-state index is 0.00569. The van der Waals surface area contributed by atoms with Crippen LogP contribution in [0.2, 0.25) is 0 Å². The van der Waals surface area contributed by atoms with Crippen LogP contribution >= 0.6 is 0 Å². The van der Waals surface area contributed by atoms with Crippen molar-refractivity contribution in [3.8, 4) is 0 Å². The molecule has 0 saturated carbocycles. The van der Waals surface area contributed by atoms with Crippen LogP contribution in [0, 0.1) is 0 Å². The molecule has 0 aliphatic rings. The highest BCUT2D eigenvalue weighted by Gasteiger charge is 2.19. The number of nitrogens with one attached hydrogen (secondary N) is 1. The summed E-state index contributed by atoms with van der Waals surface area (Å²) < 4.78 is 9.91. The summed E-state index contributed by atoms with van der Waals surface area (Å²) in [5.41, 5.74) is -0.562. The molecule has 0 rings (SSSR count). The van der Waals surface area contributed by atoms with Crippen LogP contribution < -0.4 is 5.32 Å². The molecule has 0 aliphatic heterocycles. The van der Waals surface area contributed by atoms with Crippen molar-refractivity contribution in [1.29, 1.82) is 0 Å². The van der Waals surface area contributed by atoms with E-state index in [1.165, 1.54) is 11.9 Å². The van der Waals surface area contributed by atoms with E-state index in [4.69, 9.17) is 9.47 Å². The second-order valence-electron chi connectivity index (χ2n) is 5.68. The molecule has 21 heavy (non-hydrogen) atoms. The zero-order valence-corrected chi connectivity index (χ0v) is 13.5. The Bertz CT molecular complexity index is 363. The van der Waals surface area contributed by atoms with Gasteiger partial charge in [0.2, 0.25) is 11.8 Å². The minimum Gasteiger partial charge on any atom is -0.460 e. The first-order chi connectivity index (χ1) is 9.65. The van der Waals surface area contributed by atoms with Gasteiger partial charge in [0, 0.05) is 27.1 Å². The Labute approximate surface area is 126 Å². The first kappa shape index (κ1) is 19.4. The largest absolute Gasteiger partial charge is 0.460 e. The standard InChI is InChI=1S/C14H26N2O5/c1-14(2,3)21-13(19)7-6-12(18)16(4)10-11(17)15-8-9-20-5/h6-10H2,1-5H3,(H,15,17). The van der Waals surface area contributed by atoms with E-state index in [-0.39, 0.29) is 31.2 Å². The quantitative estimate of drug-likeness (QED) is 0.516. The average molecular weight is 302 g/mol. The minimum atomic E-state index is -0.562. The van der Waals surface area contributed by atoms with Crippen LogP contribution in [-0.2, 0) is 23.9 Å². The van der Waals surface area contributed by atoms with Crippen molar-refractivity contribution in [1.82, 2.24) is 10.2 Å². The third-order valence-electron chi connectivity index (χ3n) is 2.40. The van der Waals surface area contributed by atoms with Crippen molar-refractivity contribution in [3.63, 3.8) is 0 Å². The summed E-state index contributed by atoms with van der Waals surface area (Å²) in [6, 6.07) is 0. The fourth-order valence-electron chi connectivity index (χ4n) is 1.44. The molecule has 0 bridgehead atoms. The molecule has 0 heterocycles. The zero-order valence-electron chi connectivity index (χ0n) is 13.5. The fourth-order valence-corrected chi connectivity index (χ4v) is 1.44. The van der Waals surface area contributed by atoms with Gasteiger partial charge < -0.3 is 19.7 Å². The number of carbonyl (C=O) groups excluding carboxylic acids is 3. The molecule has 0 aliphatic carbocycles. The highest BCUT2D eigenvalue weighted by Crippen LogP contribution is 2.09. The second-order valence-corrected chi connectivity index (χ2v) is 5.68. The Balaban J connectivity index is 4.00. The van der Waals surface area contributed by atoms with Crippen molar-refractivity contribution >= 4 is 17.8 Å². The van der Waals surface area contributed by atoms with Gasteiger partial charge in [-0.2, -0.15) is 0 Å². The van der Waals surface area contributed by atoms with Crippen LogP contribution in [-0.4, -0.2) is 62.1 Å². The zero-order chi connectivity index (χ0) is 16.5. The predicted molar refractivity (Wildman–Crippen MR) is 77.6 cm³/mol. The molecule has 7 nitrogen and oxygen atoms in total.